The topological polar surface area (TPSA) is 52.3 Å². The van der Waals surface area contributed by atoms with E-state index >= 15 is 0 Å². The first kappa shape index (κ1) is 15.4. The maximum Gasteiger partial charge on any atom is 0.162 e. The minimum absolute atomic E-state index is 0.0451. The van der Waals surface area contributed by atoms with Gasteiger partial charge in [-0.15, -0.1) is 0 Å². The summed E-state index contributed by atoms with van der Waals surface area (Å²) in [5, 5.41) is 0. The summed E-state index contributed by atoms with van der Waals surface area (Å²) in [6.45, 7) is 4.72. The smallest absolute Gasteiger partial charge is 0.162 e. The van der Waals surface area contributed by atoms with Gasteiger partial charge in [0.2, 0.25) is 0 Å². The minimum atomic E-state index is -0.184. The summed E-state index contributed by atoms with van der Waals surface area (Å²) in [5.74, 6) is 2.71. The number of carbonyl (C=O) groups is 1. The average Bonchev–Trinajstić information content (AvgIpc) is 2.77. The molecule has 2 N–H and O–H groups in total. The first-order valence-corrected chi connectivity index (χ1v) is 9.12. The lowest BCUT2D eigenvalue weighted by Gasteiger charge is -2.58. The van der Waals surface area contributed by atoms with Gasteiger partial charge < -0.3 is 10.5 Å². The molecule has 3 saturated carbocycles. The van der Waals surface area contributed by atoms with E-state index in [-0.39, 0.29) is 16.9 Å². The SMILES string of the molecule is COC1C(=O)C[C@H]2[C@@H]3CC[C@@H]4C=C(N)C=C[C@]4(C)[C@H]3CC[C@]12C. The number of methoxy groups -OCH3 is 1. The number of rotatable bonds is 1. The molecule has 0 saturated heterocycles. The monoisotopic (exact) mass is 315 g/mol. The van der Waals surface area contributed by atoms with Crippen LogP contribution in [0.2, 0.25) is 0 Å². The largest absolute Gasteiger partial charge is 0.399 e. The maximum atomic E-state index is 12.5. The first-order chi connectivity index (χ1) is 10.9. The molecule has 0 amide bonds. The zero-order valence-electron chi connectivity index (χ0n) is 14.5. The maximum absolute atomic E-state index is 12.5. The summed E-state index contributed by atoms with van der Waals surface area (Å²) in [6.07, 6.45) is 12.0. The van der Waals surface area contributed by atoms with Crippen LogP contribution in [-0.2, 0) is 9.53 Å². The van der Waals surface area contributed by atoms with E-state index in [4.69, 9.17) is 10.5 Å². The van der Waals surface area contributed by atoms with Crippen LogP contribution in [0.15, 0.2) is 23.9 Å². The molecule has 0 spiro atoms. The molecule has 0 aromatic carbocycles. The number of hydrogen-bond donors (Lipinski definition) is 1. The molecule has 1 unspecified atom stereocenters. The highest BCUT2D eigenvalue weighted by molar-refractivity contribution is 5.87. The number of hydrogen-bond acceptors (Lipinski definition) is 3. The molecule has 4 aliphatic rings. The van der Waals surface area contributed by atoms with E-state index < -0.39 is 0 Å². The van der Waals surface area contributed by atoms with Crippen molar-refractivity contribution >= 4 is 5.78 Å². The third-order valence-electron chi connectivity index (χ3n) is 7.86. The number of nitrogens with two attached hydrogens (primary N) is 1. The van der Waals surface area contributed by atoms with Crippen molar-refractivity contribution in [2.45, 2.75) is 52.1 Å². The van der Waals surface area contributed by atoms with Crippen LogP contribution in [0.25, 0.3) is 0 Å². The third kappa shape index (κ3) is 1.95. The summed E-state index contributed by atoms with van der Waals surface area (Å²) >= 11 is 0. The number of allylic oxidation sites excluding steroid dienone is 3. The van der Waals surface area contributed by atoms with E-state index in [1.165, 1.54) is 19.3 Å². The van der Waals surface area contributed by atoms with Gasteiger partial charge in [0.25, 0.3) is 0 Å². The predicted octanol–water partition coefficient (Wildman–Crippen LogP) is 3.45. The Morgan fingerprint density at radius 3 is 2.74 bits per heavy atom. The van der Waals surface area contributed by atoms with Gasteiger partial charge >= 0.3 is 0 Å². The molecule has 23 heavy (non-hydrogen) atoms. The van der Waals surface area contributed by atoms with Crippen LogP contribution in [-0.4, -0.2) is 19.0 Å². The molecular formula is C20H29NO2. The Kier molecular flexibility index (Phi) is 3.32. The van der Waals surface area contributed by atoms with Gasteiger partial charge in [0, 0.05) is 24.6 Å². The first-order valence-electron chi connectivity index (χ1n) is 9.12. The normalized spacial score (nSPS) is 51.7. The second kappa shape index (κ2) is 4.95. The molecule has 7 atom stereocenters. The number of carbonyl (C=O) groups excluding carboxylic acids is 1. The van der Waals surface area contributed by atoms with E-state index in [0.29, 0.717) is 29.5 Å². The van der Waals surface area contributed by atoms with E-state index in [2.05, 4.69) is 32.1 Å². The summed E-state index contributed by atoms with van der Waals surface area (Å²) in [4.78, 5) is 12.5. The van der Waals surface area contributed by atoms with Crippen LogP contribution in [0.4, 0.5) is 0 Å². The summed E-state index contributed by atoms with van der Waals surface area (Å²) in [7, 11) is 1.71. The van der Waals surface area contributed by atoms with Crippen molar-refractivity contribution in [2.24, 2.45) is 40.2 Å². The predicted molar refractivity (Wildman–Crippen MR) is 90.5 cm³/mol. The third-order valence-corrected chi connectivity index (χ3v) is 7.86. The van der Waals surface area contributed by atoms with Gasteiger partial charge in [0.15, 0.2) is 5.78 Å². The van der Waals surface area contributed by atoms with Gasteiger partial charge in [-0.1, -0.05) is 26.0 Å². The van der Waals surface area contributed by atoms with Crippen LogP contribution >= 0.6 is 0 Å². The standard InChI is InChI=1S/C20H29NO2/c1-19-8-6-13(21)10-12(19)4-5-14-15(19)7-9-20(2)16(14)11-17(22)18(20)23-3/h6,8,10,12,14-16,18H,4-5,7,9,11,21H2,1-3H3/t12-,14-,15+,16+,18?,19+,20+/m1/s1. The van der Waals surface area contributed by atoms with E-state index in [0.717, 1.165) is 18.5 Å². The van der Waals surface area contributed by atoms with Crippen LogP contribution in [0, 0.1) is 34.5 Å². The molecule has 3 fully saturated rings. The minimum Gasteiger partial charge on any atom is -0.399 e. The molecule has 4 aliphatic carbocycles. The van der Waals surface area contributed by atoms with Gasteiger partial charge in [-0.25, -0.2) is 0 Å². The lowest BCUT2D eigenvalue weighted by atomic mass is 9.47. The Morgan fingerprint density at radius 2 is 2.00 bits per heavy atom. The summed E-state index contributed by atoms with van der Waals surface area (Å²) in [5.41, 5.74) is 7.22. The molecule has 126 valence electrons. The molecule has 3 heteroatoms. The van der Waals surface area contributed by atoms with Crippen molar-refractivity contribution < 1.29 is 9.53 Å². The van der Waals surface area contributed by atoms with Crippen LogP contribution in [0.5, 0.6) is 0 Å². The van der Waals surface area contributed by atoms with Gasteiger partial charge in [0.05, 0.1) is 0 Å². The van der Waals surface area contributed by atoms with Gasteiger partial charge in [-0.05, 0) is 60.8 Å². The molecule has 4 rings (SSSR count). The highest BCUT2D eigenvalue weighted by atomic mass is 16.5. The molecule has 0 aromatic heterocycles. The number of ether oxygens (including phenoxy) is 1. The molecule has 0 aliphatic heterocycles. The lowest BCUT2D eigenvalue weighted by Crippen LogP contribution is -2.52. The highest BCUT2D eigenvalue weighted by Crippen LogP contribution is 2.64. The Balaban J connectivity index is 1.68. The molecule has 3 nitrogen and oxygen atoms in total. The van der Waals surface area contributed by atoms with Crippen molar-refractivity contribution in [3.63, 3.8) is 0 Å². The summed E-state index contributed by atoms with van der Waals surface area (Å²) < 4.78 is 5.63. The second-order valence-corrected chi connectivity index (χ2v) is 8.76. The van der Waals surface area contributed by atoms with Gasteiger partial charge in [-0.3, -0.25) is 4.79 Å². The fraction of sp³-hybridized carbons (Fsp3) is 0.750. The van der Waals surface area contributed by atoms with E-state index in [9.17, 15) is 4.79 Å². The van der Waals surface area contributed by atoms with Gasteiger partial charge in [-0.2, -0.15) is 0 Å². The van der Waals surface area contributed by atoms with Crippen molar-refractivity contribution in [1.82, 2.24) is 0 Å². The molecule has 0 radical (unpaired) electrons. The van der Waals surface area contributed by atoms with E-state index in [1.807, 2.05) is 0 Å². The number of Topliss-reactive ketones (excluding diaryl/α,β-unsaturated/α-hetero) is 1. The molecule has 0 heterocycles. The molecule has 0 bridgehead atoms. The van der Waals surface area contributed by atoms with E-state index in [1.54, 1.807) is 7.11 Å². The van der Waals surface area contributed by atoms with Crippen LogP contribution in [0.1, 0.15) is 46.0 Å². The summed E-state index contributed by atoms with van der Waals surface area (Å²) in [6, 6.07) is 0. The fourth-order valence-electron chi connectivity index (χ4n) is 6.64. The Morgan fingerprint density at radius 1 is 1.22 bits per heavy atom. The van der Waals surface area contributed by atoms with Crippen molar-refractivity contribution in [1.29, 1.82) is 0 Å². The molecule has 0 aromatic rings. The highest BCUT2D eigenvalue weighted by Gasteiger charge is 2.61. The Labute approximate surface area is 139 Å². The molecular weight excluding hydrogens is 286 g/mol. The van der Waals surface area contributed by atoms with Crippen LogP contribution in [0.3, 0.4) is 0 Å². The quantitative estimate of drug-likeness (QED) is 0.806. The van der Waals surface area contributed by atoms with Gasteiger partial charge in [0.1, 0.15) is 6.10 Å². The average molecular weight is 315 g/mol. The number of ketones is 1. The lowest BCUT2D eigenvalue weighted by molar-refractivity contribution is -0.132. The van der Waals surface area contributed by atoms with Crippen molar-refractivity contribution in [3.8, 4) is 0 Å². The van der Waals surface area contributed by atoms with Crippen molar-refractivity contribution in [3.05, 3.63) is 23.9 Å². The zero-order valence-corrected chi connectivity index (χ0v) is 14.5. The Bertz CT molecular complexity index is 594. The van der Waals surface area contributed by atoms with Crippen LogP contribution < -0.4 is 5.73 Å². The second-order valence-electron chi connectivity index (χ2n) is 8.76. The van der Waals surface area contributed by atoms with Crippen molar-refractivity contribution in [2.75, 3.05) is 7.11 Å². The zero-order chi connectivity index (χ0) is 16.4. The number of fused-ring (bicyclic) bond motifs is 5. The fourth-order valence-corrected chi connectivity index (χ4v) is 6.64. The Hall–Kier alpha value is -1.09.